The average Bonchev–Trinajstić information content (AvgIpc) is 2.33. The maximum Gasteiger partial charge on any atom is 0.139 e. The first-order valence-electron chi connectivity index (χ1n) is 5.36. The van der Waals surface area contributed by atoms with Gasteiger partial charge in [-0.3, -0.25) is 0 Å². The van der Waals surface area contributed by atoms with Crippen molar-refractivity contribution >= 4 is 27.9 Å². The predicted octanol–water partition coefficient (Wildman–Crippen LogP) is 3.00. The normalized spacial score (nSPS) is 17.5. The largest absolute Gasteiger partial charge is 0.371 e. The van der Waals surface area contributed by atoms with Crippen LogP contribution in [-0.4, -0.2) is 19.4 Å². The van der Waals surface area contributed by atoms with Gasteiger partial charge in [-0.2, -0.15) is 0 Å². The Labute approximate surface area is 103 Å². The monoisotopic (exact) mass is 285 g/mol. The maximum absolute atomic E-state index is 13.3. The number of piperidine rings is 1. The van der Waals surface area contributed by atoms with Crippen LogP contribution in [0.5, 0.6) is 0 Å². The molecule has 1 fully saturated rings. The minimum atomic E-state index is -0.241. The van der Waals surface area contributed by atoms with Gasteiger partial charge in [0.05, 0.1) is 4.47 Å². The summed E-state index contributed by atoms with van der Waals surface area (Å²) in [6, 6.07) is 5.15. The van der Waals surface area contributed by atoms with Gasteiger partial charge >= 0.3 is 0 Å². The third-order valence-corrected chi connectivity index (χ3v) is 3.64. The Hall–Kier alpha value is -0.900. The van der Waals surface area contributed by atoms with Crippen molar-refractivity contribution in [2.75, 3.05) is 18.0 Å². The van der Waals surface area contributed by atoms with E-state index in [0.29, 0.717) is 4.47 Å². The third-order valence-electron chi connectivity index (χ3n) is 3.00. The second-order valence-electron chi connectivity index (χ2n) is 4.06. The second kappa shape index (κ2) is 4.95. The fourth-order valence-corrected chi connectivity index (χ4v) is 2.22. The fraction of sp³-hybridized carbons (Fsp3) is 0.417. The summed E-state index contributed by atoms with van der Waals surface area (Å²) < 4.78 is 13.8. The molecule has 1 aliphatic heterocycles. The molecule has 16 heavy (non-hydrogen) atoms. The van der Waals surface area contributed by atoms with Crippen molar-refractivity contribution in [1.82, 2.24) is 0 Å². The number of anilines is 1. The topological polar surface area (TPSA) is 20.3 Å². The highest BCUT2D eigenvalue weighted by Gasteiger charge is 2.19. The molecule has 0 saturated carbocycles. The zero-order valence-corrected chi connectivity index (χ0v) is 10.4. The molecule has 1 aliphatic rings. The molecule has 2 nitrogen and oxygen atoms in total. The number of aldehydes is 1. The molecule has 1 aromatic carbocycles. The van der Waals surface area contributed by atoms with Gasteiger partial charge in [0.15, 0.2) is 0 Å². The standard InChI is InChI=1S/C12H13BrFNO/c13-11-2-1-10(7-12(11)14)15-5-3-9(8-16)4-6-15/h1-2,7-9H,3-6H2. The number of nitrogens with zero attached hydrogens (tertiary/aromatic N) is 1. The number of benzene rings is 1. The summed E-state index contributed by atoms with van der Waals surface area (Å²) in [5.74, 6) is -0.0634. The molecule has 0 amide bonds. The summed E-state index contributed by atoms with van der Waals surface area (Å²) in [5, 5.41) is 0. The van der Waals surface area contributed by atoms with Crippen LogP contribution in [0.25, 0.3) is 0 Å². The first-order chi connectivity index (χ1) is 7.70. The summed E-state index contributed by atoms with van der Waals surface area (Å²) in [7, 11) is 0. The van der Waals surface area contributed by atoms with Gasteiger partial charge in [0.2, 0.25) is 0 Å². The molecule has 0 unspecified atom stereocenters. The smallest absolute Gasteiger partial charge is 0.139 e. The lowest BCUT2D eigenvalue weighted by molar-refractivity contribution is -0.111. The van der Waals surface area contributed by atoms with Crippen LogP contribution < -0.4 is 4.90 Å². The first-order valence-corrected chi connectivity index (χ1v) is 6.15. The number of rotatable bonds is 2. The number of hydrogen-bond donors (Lipinski definition) is 0. The lowest BCUT2D eigenvalue weighted by Crippen LogP contribution is -2.34. The Morgan fingerprint density at radius 2 is 2.06 bits per heavy atom. The molecule has 1 saturated heterocycles. The van der Waals surface area contributed by atoms with Crippen molar-refractivity contribution in [2.45, 2.75) is 12.8 Å². The van der Waals surface area contributed by atoms with Crippen LogP contribution >= 0.6 is 15.9 Å². The van der Waals surface area contributed by atoms with Crippen molar-refractivity contribution in [3.63, 3.8) is 0 Å². The highest BCUT2D eigenvalue weighted by Crippen LogP contribution is 2.25. The molecule has 4 heteroatoms. The van der Waals surface area contributed by atoms with Crippen molar-refractivity contribution in [1.29, 1.82) is 0 Å². The van der Waals surface area contributed by atoms with Gasteiger partial charge in [0, 0.05) is 24.7 Å². The second-order valence-corrected chi connectivity index (χ2v) is 4.91. The number of carbonyl (C=O) groups is 1. The third kappa shape index (κ3) is 2.43. The molecular formula is C12H13BrFNO. The summed E-state index contributed by atoms with van der Waals surface area (Å²) in [4.78, 5) is 12.7. The molecule has 0 N–H and O–H groups in total. The molecule has 1 heterocycles. The lowest BCUT2D eigenvalue weighted by atomic mass is 9.98. The summed E-state index contributed by atoms with van der Waals surface area (Å²) in [6.07, 6.45) is 2.75. The molecule has 0 spiro atoms. The zero-order valence-electron chi connectivity index (χ0n) is 8.83. The van der Waals surface area contributed by atoms with Gasteiger partial charge in [0.1, 0.15) is 12.1 Å². The number of hydrogen-bond acceptors (Lipinski definition) is 2. The van der Waals surface area contributed by atoms with E-state index in [1.54, 1.807) is 6.07 Å². The van der Waals surface area contributed by atoms with Crippen LogP contribution in [0.1, 0.15) is 12.8 Å². The Balaban J connectivity index is 2.08. The van der Waals surface area contributed by atoms with Crippen LogP contribution in [0.3, 0.4) is 0 Å². The van der Waals surface area contributed by atoms with Crippen LogP contribution in [0.4, 0.5) is 10.1 Å². The average molecular weight is 286 g/mol. The molecule has 0 aliphatic carbocycles. The van der Waals surface area contributed by atoms with E-state index in [-0.39, 0.29) is 11.7 Å². The Morgan fingerprint density at radius 3 is 2.62 bits per heavy atom. The van der Waals surface area contributed by atoms with Crippen LogP contribution in [-0.2, 0) is 4.79 Å². The number of halogens is 2. The van der Waals surface area contributed by atoms with Crippen molar-refractivity contribution in [2.24, 2.45) is 5.92 Å². The van der Waals surface area contributed by atoms with E-state index in [4.69, 9.17) is 0 Å². The van der Waals surface area contributed by atoms with Crippen LogP contribution in [0.15, 0.2) is 22.7 Å². The predicted molar refractivity (Wildman–Crippen MR) is 65.1 cm³/mol. The van der Waals surface area contributed by atoms with E-state index in [2.05, 4.69) is 20.8 Å². The summed E-state index contributed by atoms with van der Waals surface area (Å²) in [5.41, 5.74) is 0.894. The molecule has 0 atom stereocenters. The van der Waals surface area contributed by atoms with E-state index in [9.17, 15) is 9.18 Å². The van der Waals surface area contributed by atoms with Gasteiger partial charge in [-0.1, -0.05) is 0 Å². The Kier molecular flexibility index (Phi) is 3.59. The SMILES string of the molecule is O=CC1CCN(c2ccc(Br)c(F)c2)CC1. The lowest BCUT2D eigenvalue weighted by Gasteiger charge is -2.31. The minimum absolute atomic E-state index is 0.177. The van der Waals surface area contributed by atoms with Crippen molar-refractivity contribution < 1.29 is 9.18 Å². The zero-order chi connectivity index (χ0) is 11.5. The van der Waals surface area contributed by atoms with E-state index in [0.717, 1.165) is 37.9 Å². The molecule has 86 valence electrons. The summed E-state index contributed by atoms with van der Waals surface area (Å²) >= 11 is 3.13. The van der Waals surface area contributed by atoms with Gasteiger partial charge in [-0.05, 0) is 47.0 Å². The van der Waals surface area contributed by atoms with E-state index >= 15 is 0 Å². The Morgan fingerprint density at radius 1 is 1.38 bits per heavy atom. The van der Waals surface area contributed by atoms with Crippen LogP contribution in [0, 0.1) is 11.7 Å². The molecule has 0 radical (unpaired) electrons. The Bertz CT molecular complexity index is 389. The van der Waals surface area contributed by atoms with E-state index in [1.165, 1.54) is 6.07 Å². The molecule has 2 rings (SSSR count). The van der Waals surface area contributed by atoms with Gasteiger partial charge in [-0.15, -0.1) is 0 Å². The van der Waals surface area contributed by atoms with E-state index in [1.807, 2.05) is 6.07 Å². The van der Waals surface area contributed by atoms with Gasteiger partial charge in [-0.25, -0.2) is 4.39 Å². The molecule has 0 aromatic heterocycles. The highest BCUT2D eigenvalue weighted by atomic mass is 79.9. The molecule has 0 bridgehead atoms. The van der Waals surface area contributed by atoms with Crippen LogP contribution in [0.2, 0.25) is 0 Å². The van der Waals surface area contributed by atoms with Gasteiger partial charge in [0.25, 0.3) is 0 Å². The maximum atomic E-state index is 13.3. The fourth-order valence-electron chi connectivity index (χ4n) is 1.98. The minimum Gasteiger partial charge on any atom is -0.371 e. The molecular weight excluding hydrogens is 273 g/mol. The number of carbonyl (C=O) groups excluding carboxylic acids is 1. The quantitative estimate of drug-likeness (QED) is 0.779. The summed E-state index contributed by atoms with van der Waals surface area (Å²) in [6.45, 7) is 1.65. The van der Waals surface area contributed by atoms with Crippen molar-refractivity contribution in [3.05, 3.63) is 28.5 Å². The highest BCUT2D eigenvalue weighted by molar-refractivity contribution is 9.10. The first kappa shape index (κ1) is 11.6. The van der Waals surface area contributed by atoms with E-state index < -0.39 is 0 Å². The van der Waals surface area contributed by atoms with Crippen molar-refractivity contribution in [3.8, 4) is 0 Å². The molecule has 1 aromatic rings. The van der Waals surface area contributed by atoms with Gasteiger partial charge < -0.3 is 9.69 Å².